The first-order chi connectivity index (χ1) is 15.5. The van der Waals surface area contributed by atoms with Crippen molar-refractivity contribution in [3.05, 3.63) is 41.9 Å². The van der Waals surface area contributed by atoms with Gasteiger partial charge >= 0.3 is 6.18 Å². The lowest BCUT2D eigenvalue weighted by Crippen LogP contribution is -2.38. The van der Waals surface area contributed by atoms with Crippen molar-refractivity contribution in [1.82, 2.24) is 25.3 Å². The molecule has 0 aromatic carbocycles. The van der Waals surface area contributed by atoms with Crippen LogP contribution in [0.25, 0.3) is 27.9 Å². The van der Waals surface area contributed by atoms with Crippen LogP contribution in [0.3, 0.4) is 0 Å². The quantitative estimate of drug-likeness (QED) is 0.564. The highest BCUT2D eigenvalue weighted by molar-refractivity contribution is 5.94. The highest BCUT2D eigenvalue weighted by Gasteiger charge is 2.36. The van der Waals surface area contributed by atoms with Crippen LogP contribution in [0.5, 0.6) is 0 Å². The smallest absolute Gasteiger partial charge is 0.376 e. The zero-order valence-electron chi connectivity index (χ0n) is 17.3. The van der Waals surface area contributed by atoms with Crippen molar-refractivity contribution in [2.24, 2.45) is 0 Å². The van der Waals surface area contributed by atoms with Crippen molar-refractivity contribution in [2.45, 2.75) is 31.5 Å². The van der Waals surface area contributed by atoms with Gasteiger partial charge in [-0.15, -0.1) is 0 Å². The number of halogens is 3. The van der Waals surface area contributed by atoms with Crippen molar-refractivity contribution in [1.29, 1.82) is 0 Å². The van der Waals surface area contributed by atoms with Gasteiger partial charge in [0.15, 0.2) is 0 Å². The number of rotatable bonds is 4. The molecule has 1 saturated heterocycles. The Labute approximate surface area is 182 Å². The van der Waals surface area contributed by atoms with E-state index in [2.05, 4.69) is 36.6 Å². The molecule has 3 aromatic rings. The van der Waals surface area contributed by atoms with Crippen LogP contribution in [0.15, 0.2) is 30.6 Å². The van der Waals surface area contributed by atoms with E-state index in [0.29, 0.717) is 29.8 Å². The maximum absolute atomic E-state index is 13.8. The van der Waals surface area contributed by atoms with Crippen LogP contribution in [0.1, 0.15) is 30.5 Å². The van der Waals surface area contributed by atoms with Gasteiger partial charge in [-0.05, 0) is 43.5 Å². The molecule has 2 aliphatic rings. The second kappa shape index (κ2) is 8.51. The molecule has 10 heteroatoms. The van der Waals surface area contributed by atoms with Gasteiger partial charge in [-0.3, -0.25) is 0 Å². The molecule has 0 aliphatic carbocycles. The van der Waals surface area contributed by atoms with Crippen LogP contribution in [0, 0.1) is 0 Å². The molecular weight excluding hydrogens is 421 g/mol. The molecule has 32 heavy (non-hydrogen) atoms. The molecule has 0 saturated carbocycles. The van der Waals surface area contributed by atoms with E-state index in [4.69, 9.17) is 4.74 Å². The fourth-order valence-electron chi connectivity index (χ4n) is 4.14. The molecule has 0 bridgehead atoms. The predicted molar refractivity (Wildman–Crippen MR) is 115 cm³/mol. The Morgan fingerprint density at radius 2 is 2.09 bits per heavy atom. The number of nitrogens with one attached hydrogen (secondary N) is 3. The molecule has 1 atom stereocenters. The van der Waals surface area contributed by atoms with Crippen molar-refractivity contribution < 1.29 is 17.9 Å². The Kier molecular flexibility index (Phi) is 5.56. The lowest BCUT2D eigenvalue weighted by atomic mass is 10.1. The number of H-pyrrole nitrogens is 1. The minimum absolute atomic E-state index is 0.0755. The van der Waals surface area contributed by atoms with Gasteiger partial charge in [0.25, 0.3) is 0 Å². The number of piperidine rings is 1. The number of hydrogen-bond donors (Lipinski definition) is 3. The molecule has 0 radical (unpaired) electrons. The van der Waals surface area contributed by atoms with Gasteiger partial charge in [0.05, 0.1) is 24.6 Å². The topological polar surface area (TPSA) is 87.8 Å². The summed E-state index contributed by atoms with van der Waals surface area (Å²) < 4.78 is 46.8. The average Bonchev–Trinajstić information content (AvgIpc) is 3.23. The Morgan fingerprint density at radius 3 is 2.84 bits per heavy atom. The molecule has 7 nitrogen and oxygen atoms in total. The number of ether oxygens (including phenoxy) is 1. The van der Waals surface area contributed by atoms with Crippen molar-refractivity contribution in [2.75, 3.05) is 31.6 Å². The summed E-state index contributed by atoms with van der Waals surface area (Å²) in [7, 11) is 0. The molecule has 168 valence electrons. The number of aromatic nitrogens is 4. The molecular formula is C22H23F3N6O. The standard InChI is InChI=1S/C22H23F3N6O/c23-22(24,25)17-11-28-21(29-14-4-1-7-26-9-14)31-19(17)16-10-27-20-15(16)5-6-18(30-20)13-3-2-8-32-12-13/h3,5-6,10-11,14,26H,1-2,4,7-9,12H2,(H,27,30)(H,28,29,31). The number of aromatic amines is 1. The van der Waals surface area contributed by atoms with Crippen molar-refractivity contribution in [3.8, 4) is 11.3 Å². The number of hydrogen-bond acceptors (Lipinski definition) is 6. The summed E-state index contributed by atoms with van der Waals surface area (Å²) in [5.41, 5.74) is 1.52. The van der Waals surface area contributed by atoms with Crippen molar-refractivity contribution >= 4 is 22.6 Å². The first-order valence-electron chi connectivity index (χ1n) is 10.7. The van der Waals surface area contributed by atoms with E-state index in [1.54, 1.807) is 6.07 Å². The Bertz CT molecular complexity index is 1150. The normalized spacial score (nSPS) is 19.7. The van der Waals surface area contributed by atoms with E-state index in [1.165, 1.54) is 6.20 Å². The highest BCUT2D eigenvalue weighted by Crippen LogP contribution is 2.38. The Balaban J connectivity index is 1.54. The number of fused-ring (bicyclic) bond motifs is 1. The number of alkyl halides is 3. The molecule has 1 unspecified atom stereocenters. The third-order valence-electron chi connectivity index (χ3n) is 5.76. The van der Waals surface area contributed by atoms with Gasteiger partial charge in [-0.25, -0.2) is 15.0 Å². The fraction of sp³-hybridized carbons (Fsp3) is 0.409. The van der Waals surface area contributed by atoms with Crippen LogP contribution >= 0.6 is 0 Å². The lowest BCUT2D eigenvalue weighted by Gasteiger charge is -2.24. The summed E-state index contributed by atoms with van der Waals surface area (Å²) in [6, 6.07) is 3.66. The van der Waals surface area contributed by atoms with Gasteiger partial charge in [0, 0.05) is 35.9 Å². The van der Waals surface area contributed by atoms with E-state index in [-0.39, 0.29) is 17.7 Å². The predicted octanol–water partition coefficient (Wildman–Crippen LogP) is 4.01. The minimum atomic E-state index is -4.58. The average molecular weight is 444 g/mol. The molecule has 0 spiro atoms. The summed E-state index contributed by atoms with van der Waals surface area (Å²) in [6.07, 6.45) is 2.58. The van der Waals surface area contributed by atoms with E-state index in [0.717, 1.165) is 49.8 Å². The zero-order chi connectivity index (χ0) is 22.1. The maximum atomic E-state index is 13.8. The van der Waals surface area contributed by atoms with Gasteiger partial charge in [0.2, 0.25) is 5.95 Å². The highest BCUT2D eigenvalue weighted by atomic mass is 19.4. The summed E-state index contributed by atoms with van der Waals surface area (Å²) in [4.78, 5) is 15.8. The minimum Gasteiger partial charge on any atom is -0.376 e. The van der Waals surface area contributed by atoms with Gasteiger partial charge in [-0.1, -0.05) is 6.08 Å². The first kappa shape index (κ1) is 20.9. The van der Waals surface area contributed by atoms with Crippen LogP contribution in [0.4, 0.5) is 19.1 Å². The summed E-state index contributed by atoms with van der Waals surface area (Å²) in [5, 5.41) is 7.00. The molecule has 3 aromatic heterocycles. The molecule has 5 heterocycles. The fourth-order valence-corrected chi connectivity index (χ4v) is 4.14. The number of pyridine rings is 1. The SMILES string of the molecule is FC(F)(F)c1cnc(NC2CCCNC2)nc1-c1c[nH]c2nc(C3=CCCOC3)ccc12. The molecule has 5 rings (SSSR count). The summed E-state index contributed by atoms with van der Waals surface area (Å²) in [5.74, 6) is 0.185. The van der Waals surface area contributed by atoms with Crippen LogP contribution in [-0.2, 0) is 10.9 Å². The van der Waals surface area contributed by atoms with E-state index in [9.17, 15) is 13.2 Å². The molecule has 2 aliphatic heterocycles. The second-order valence-corrected chi connectivity index (χ2v) is 8.01. The van der Waals surface area contributed by atoms with E-state index in [1.807, 2.05) is 6.07 Å². The van der Waals surface area contributed by atoms with Crippen LogP contribution < -0.4 is 10.6 Å². The number of nitrogens with zero attached hydrogens (tertiary/aromatic N) is 3. The lowest BCUT2D eigenvalue weighted by molar-refractivity contribution is -0.137. The van der Waals surface area contributed by atoms with Crippen molar-refractivity contribution in [3.63, 3.8) is 0 Å². The Hall–Kier alpha value is -2.98. The van der Waals surface area contributed by atoms with E-state index >= 15 is 0 Å². The third-order valence-corrected chi connectivity index (χ3v) is 5.76. The van der Waals surface area contributed by atoms with E-state index < -0.39 is 11.7 Å². The summed E-state index contributed by atoms with van der Waals surface area (Å²) in [6.45, 7) is 2.81. The third kappa shape index (κ3) is 4.20. The van der Waals surface area contributed by atoms with Gasteiger partial charge < -0.3 is 20.4 Å². The van der Waals surface area contributed by atoms with Crippen LogP contribution in [0.2, 0.25) is 0 Å². The molecule has 1 fully saturated rings. The largest absolute Gasteiger partial charge is 0.419 e. The monoisotopic (exact) mass is 444 g/mol. The zero-order valence-corrected chi connectivity index (χ0v) is 17.3. The second-order valence-electron chi connectivity index (χ2n) is 8.01. The Morgan fingerprint density at radius 1 is 1.19 bits per heavy atom. The van der Waals surface area contributed by atoms with Crippen LogP contribution in [-0.4, -0.2) is 52.3 Å². The first-order valence-corrected chi connectivity index (χ1v) is 10.7. The van der Waals surface area contributed by atoms with Gasteiger partial charge in [-0.2, -0.15) is 13.2 Å². The van der Waals surface area contributed by atoms with Gasteiger partial charge in [0.1, 0.15) is 11.2 Å². The summed E-state index contributed by atoms with van der Waals surface area (Å²) >= 11 is 0. The molecule has 0 amide bonds. The molecule has 3 N–H and O–H groups in total. The number of anilines is 1. The maximum Gasteiger partial charge on any atom is 0.419 e.